The van der Waals surface area contributed by atoms with Gasteiger partial charge in [0.15, 0.2) is 0 Å². The van der Waals surface area contributed by atoms with E-state index < -0.39 is 8.07 Å². The summed E-state index contributed by atoms with van der Waals surface area (Å²) in [6.45, 7) is 7.48. The van der Waals surface area contributed by atoms with Crippen LogP contribution >= 0.6 is 0 Å². The van der Waals surface area contributed by atoms with E-state index in [9.17, 15) is 4.79 Å². The Morgan fingerprint density at radius 2 is 1.85 bits per heavy atom. The first kappa shape index (κ1) is 16.9. The van der Waals surface area contributed by atoms with Crippen molar-refractivity contribution in [3.05, 3.63) is 35.9 Å². The van der Waals surface area contributed by atoms with Gasteiger partial charge in [0.05, 0.1) is 18.3 Å². The largest absolute Gasteiger partial charge is 0.462 e. The average Bonchev–Trinajstić information content (AvgIpc) is 2.41. The first-order chi connectivity index (χ1) is 9.42. The molecule has 1 atom stereocenters. The second kappa shape index (κ2) is 8.22. The Bertz CT molecular complexity index is 398. The van der Waals surface area contributed by atoms with Crippen LogP contribution in [0.25, 0.3) is 0 Å². The molecule has 0 aliphatic rings. The first-order valence-electron chi connectivity index (χ1n) is 7.17. The number of hydrogen-bond donors (Lipinski definition) is 0. The molecule has 0 saturated heterocycles. The van der Waals surface area contributed by atoms with E-state index in [0.717, 1.165) is 18.9 Å². The van der Waals surface area contributed by atoms with Crippen molar-refractivity contribution < 1.29 is 14.3 Å². The molecular weight excluding hydrogens is 268 g/mol. The normalized spacial score (nSPS) is 13.0. The van der Waals surface area contributed by atoms with E-state index in [4.69, 9.17) is 9.47 Å². The lowest BCUT2D eigenvalue weighted by Crippen LogP contribution is -2.28. The molecule has 1 unspecified atom stereocenters. The maximum absolute atomic E-state index is 11.7. The lowest BCUT2D eigenvalue weighted by Gasteiger charge is -2.23. The Morgan fingerprint density at radius 1 is 1.20 bits per heavy atom. The van der Waals surface area contributed by atoms with E-state index in [1.54, 1.807) is 19.2 Å². The zero-order valence-corrected chi connectivity index (χ0v) is 14.0. The van der Waals surface area contributed by atoms with Gasteiger partial charge in [-0.1, -0.05) is 37.8 Å². The number of ether oxygens (including phenoxy) is 2. The highest BCUT2D eigenvalue weighted by atomic mass is 28.3. The van der Waals surface area contributed by atoms with Gasteiger partial charge in [-0.2, -0.15) is 0 Å². The van der Waals surface area contributed by atoms with Crippen LogP contribution in [0, 0.1) is 0 Å². The molecule has 1 rings (SSSR count). The highest BCUT2D eigenvalue weighted by molar-refractivity contribution is 6.76. The summed E-state index contributed by atoms with van der Waals surface area (Å²) >= 11 is 0. The fourth-order valence-corrected chi connectivity index (χ4v) is 3.86. The zero-order valence-electron chi connectivity index (χ0n) is 13.0. The highest BCUT2D eigenvalue weighted by Crippen LogP contribution is 2.17. The lowest BCUT2D eigenvalue weighted by atomic mass is 10.2. The first-order valence-corrected chi connectivity index (χ1v) is 10.9. The number of methoxy groups -OCH3 is 1. The van der Waals surface area contributed by atoms with Gasteiger partial charge in [-0.25, -0.2) is 4.79 Å². The van der Waals surface area contributed by atoms with Crippen molar-refractivity contribution >= 4 is 14.0 Å². The smallest absolute Gasteiger partial charge is 0.338 e. The quantitative estimate of drug-likeness (QED) is 0.413. The summed E-state index contributed by atoms with van der Waals surface area (Å²) < 4.78 is 10.8. The molecule has 0 radical (unpaired) electrons. The molecule has 0 spiro atoms. The zero-order chi connectivity index (χ0) is 15.0. The number of rotatable bonds is 8. The van der Waals surface area contributed by atoms with E-state index in [2.05, 4.69) is 19.6 Å². The number of carbonyl (C=O) groups is 1. The van der Waals surface area contributed by atoms with Crippen molar-refractivity contribution in [1.82, 2.24) is 0 Å². The van der Waals surface area contributed by atoms with E-state index in [1.807, 2.05) is 18.2 Å². The van der Waals surface area contributed by atoms with Gasteiger partial charge >= 0.3 is 5.97 Å². The summed E-state index contributed by atoms with van der Waals surface area (Å²) in [6.07, 6.45) is 2.09. The summed E-state index contributed by atoms with van der Waals surface area (Å²) in [6, 6.07) is 10.3. The van der Waals surface area contributed by atoms with Crippen LogP contribution in [-0.4, -0.2) is 33.9 Å². The Morgan fingerprint density at radius 3 is 2.40 bits per heavy atom. The Balaban J connectivity index is 2.25. The molecule has 1 aromatic rings. The van der Waals surface area contributed by atoms with Crippen LogP contribution in [0.1, 0.15) is 23.2 Å². The summed E-state index contributed by atoms with van der Waals surface area (Å²) in [4.78, 5) is 11.7. The minimum atomic E-state index is -1.11. The molecule has 0 fully saturated rings. The van der Waals surface area contributed by atoms with Crippen LogP contribution in [0.5, 0.6) is 0 Å². The second-order valence-electron chi connectivity index (χ2n) is 6.27. The fourth-order valence-electron chi connectivity index (χ4n) is 2.12. The number of hydrogen-bond acceptors (Lipinski definition) is 3. The molecule has 3 nitrogen and oxygen atoms in total. The maximum atomic E-state index is 11.7. The van der Waals surface area contributed by atoms with E-state index in [0.29, 0.717) is 12.2 Å². The van der Waals surface area contributed by atoms with Crippen molar-refractivity contribution in [2.75, 3.05) is 13.7 Å². The molecule has 4 heteroatoms. The molecule has 0 aromatic heterocycles. The van der Waals surface area contributed by atoms with Crippen molar-refractivity contribution in [1.29, 1.82) is 0 Å². The Labute approximate surface area is 123 Å². The highest BCUT2D eigenvalue weighted by Gasteiger charge is 2.20. The third-order valence-electron chi connectivity index (χ3n) is 3.09. The maximum Gasteiger partial charge on any atom is 0.338 e. The van der Waals surface area contributed by atoms with Crippen molar-refractivity contribution in [2.24, 2.45) is 0 Å². The topological polar surface area (TPSA) is 35.5 Å². The van der Waals surface area contributed by atoms with Gasteiger partial charge in [-0.05, 0) is 31.0 Å². The minimum absolute atomic E-state index is 0.246. The molecule has 0 aliphatic heterocycles. The number of carbonyl (C=O) groups excluding carboxylic acids is 1. The van der Waals surface area contributed by atoms with Crippen LogP contribution in [0.4, 0.5) is 0 Å². The molecule has 0 aliphatic carbocycles. The molecule has 0 N–H and O–H groups in total. The lowest BCUT2D eigenvalue weighted by molar-refractivity contribution is 0.0463. The Hall–Kier alpha value is -1.13. The summed E-state index contributed by atoms with van der Waals surface area (Å²) in [5.74, 6) is -0.246. The molecule has 0 heterocycles. The van der Waals surface area contributed by atoms with Crippen LogP contribution in [-0.2, 0) is 9.47 Å². The average molecular weight is 294 g/mol. The Kier molecular flexibility index (Phi) is 6.95. The molecule has 1 aromatic carbocycles. The standard InChI is InChI=1S/C16H26O3Si/c1-18-15(13-20(2,3)4)11-8-12-19-16(17)14-9-6-5-7-10-14/h5-7,9-10,15H,8,11-13H2,1-4H3. The third-order valence-corrected chi connectivity index (χ3v) is 4.77. The van der Waals surface area contributed by atoms with Gasteiger partial charge in [-0.15, -0.1) is 0 Å². The van der Waals surface area contributed by atoms with Gasteiger partial charge < -0.3 is 9.47 Å². The van der Waals surface area contributed by atoms with Gasteiger partial charge in [0, 0.05) is 15.2 Å². The molecule has 20 heavy (non-hydrogen) atoms. The molecule has 0 bridgehead atoms. The predicted molar refractivity (Wildman–Crippen MR) is 84.9 cm³/mol. The second-order valence-corrected chi connectivity index (χ2v) is 11.8. The van der Waals surface area contributed by atoms with Gasteiger partial charge in [-0.3, -0.25) is 0 Å². The predicted octanol–water partition coefficient (Wildman–Crippen LogP) is 3.98. The van der Waals surface area contributed by atoms with Gasteiger partial charge in [0.25, 0.3) is 0 Å². The number of esters is 1. The summed E-state index contributed by atoms with van der Waals surface area (Å²) in [5, 5.41) is 0. The van der Waals surface area contributed by atoms with E-state index >= 15 is 0 Å². The molecule has 112 valence electrons. The SMILES string of the molecule is COC(CCCOC(=O)c1ccccc1)C[Si](C)(C)C. The van der Waals surface area contributed by atoms with Crippen LogP contribution < -0.4 is 0 Å². The van der Waals surface area contributed by atoms with Crippen molar-refractivity contribution in [3.63, 3.8) is 0 Å². The fraction of sp³-hybridized carbons (Fsp3) is 0.562. The minimum Gasteiger partial charge on any atom is -0.462 e. The van der Waals surface area contributed by atoms with E-state index in [-0.39, 0.29) is 12.1 Å². The monoisotopic (exact) mass is 294 g/mol. The molecular formula is C16H26O3Si. The van der Waals surface area contributed by atoms with Gasteiger partial charge in [0.1, 0.15) is 0 Å². The molecule has 0 amide bonds. The van der Waals surface area contributed by atoms with Crippen molar-refractivity contribution in [2.45, 2.75) is 44.6 Å². The summed E-state index contributed by atoms with van der Waals surface area (Å²) in [7, 11) is 0.656. The van der Waals surface area contributed by atoms with Crippen LogP contribution in [0.2, 0.25) is 25.7 Å². The van der Waals surface area contributed by atoms with Crippen molar-refractivity contribution in [3.8, 4) is 0 Å². The summed E-state index contributed by atoms with van der Waals surface area (Å²) in [5.41, 5.74) is 0.609. The third kappa shape index (κ3) is 6.87. The number of benzene rings is 1. The van der Waals surface area contributed by atoms with Crippen LogP contribution in [0.15, 0.2) is 30.3 Å². The van der Waals surface area contributed by atoms with E-state index in [1.165, 1.54) is 0 Å². The van der Waals surface area contributed by atoms with Gasteiger partial charge in [0.2, 0.25) is 0 Å². The molecule has 0 saturated carbocycles. The van der Waals surface area contributed by atoms with Crippen LogP contribution in [0.3, 0.4) is 0 Å².